The smallest absolute Gasteiger partial charge is 0.245 e. The Bertz CT molecular complexity index is 724. The molecule has 0 aromatic carbocycles. The van der Waals surface area contributed by atoms with Gasteiger partial charge < -0.3 is 13.8 Å². The number of nitrogens with zero attached hydrogens (tertiary/aromatic N) is 6. The fourth-order valence-electron chi connectivity index (χ4n) is 1.95. The Morgan fingerprint density at radius 3 is 2.90 bits per heavy atom. The molecule has 1 atom stereocenters. The van der Waals surface area contributed by atoms with Crippen LogP contribution in [-0.2, 0) is 6.54 Å². The minimum atomic E-state index is -0.305. The second-order valence-electron chi connectivity index (χ2n) is 4.07. The zero-order chi connectivity index (χ0) is 14.1. The fraction of sp³-hybridized carbons (Fsp3) is 0.364. The standard InChI is InChI=1S/C11H11ClN6O2/c1-6(12)9-16-8-10(13-4-14-11(8)19-2)18(9)3-7-15-5-20-17-7/h4-6H,3H2,1-2H3. The van der Waals surface area contributed by atoms with Crippen LogP contribution in [0, 0.1) is 0 Å². The minimum Gasteiger partial charge on any atom is -0.479 e. The van der Waals surface area contributed by atoms with Crippen molar-refractivity contribution in [2.75, 3.05) is 7.11 Å². The van der Waals surface area contributed by atoms with E-state index in [0.717, 1.165) is 0 Å². The maximum Gasteiger partial charge on any atom is 0.245 e. The number of fused-ring (bicyclic) bond motifs is 1. The van der Waals surface area contributed by atoms with E-state index >= 15 is 0 Å². The Labute approximate surface area is 118 Å². The van der Waals surface area contributed by atoms with Gasteiger partial charge in [-0.05, 0) is 6.92 Å². The van der Waals surface area contributed by atoms with Gasteiger partial charge in [-0.3, -0.25) is 0 Å². The predicted octanol–water partition coefficient (Wildman–Crippen LogP) is 1.57. The molecule has 0 N–H and O–H groups in total. The normalized spacial score (nSPS) is 12.8. The molecule has 3 aromatic rings. The molecule has 3 heterocycles. The molecule has 1 unspecified atom stereocenters. The molecule has 20 heavy (non-hydrogen) atoms. The van der Waals surface area contributed by atoms with Crippen molar-refractivity contribution in [1.29, 1.82) is 0 Å². The van der Waals surface area contributed by atoms with Crippen LogP contribution in [0.4, 0.5) is 0 Å². The molecule has 8 nitrogen and oxygen atoms in total. The average Bonchev–Trinajstić information content (AvgIpc) is 3.07. The van der Waals surface area contributed by atoms with Crippen molar-refractivity contribution >= 4 is 22.8 Å². The third-order valence-electron chi connectivity index (χ3n) is 2.78. The van der Waals surface area contributed by atoms with E-state index in [-0.39, 0.29) is 5.38 Å². The van der Waals surface area contributed by atoms with E-state index in [0.29, 0.717) is 35.2 Å². The van der Waals surface area contributed by atoms with Crippen LogP contribution in [0.3, 0.4) is 0 Å². The van der Waals surface area contributed by atoms with Crippen molar-refractivity contribution in [2.45, 2.75) is 18.8 Å². The Morgan fingerprint density at radius 1 is 1.40 bits per heavy atom. The molecule has 3 aromatic heterocycles. The number of halogens is 1. The molecule has 0 saturated carbocycles. The van der Waals surface area contributed by atoms with Crippen molar-refractivity contribution in [3.8, 4) is 5.88 Å². The summed E-state index contributed by atoms with van der Waals surface area (Å²) in [7, 11) is 1.53. The van der Waals surface area contributed by atoms with Gasteiger partial charge in [0.15, 0.2) is 17.0 Å². The number of ether oxygens (including phenoxy) is 1. The fourth-order valence-corrected chi connectivity index (χ4v) is 2.11. The second kappa shape index (κ2) is 5.04. The van der Waals surface area contributed by atoms with Gasteiger partial charge in [0.05, 0.1) is 19.0 Å². The first-order chi connectivity index (χ1) is 9.70. The summed E-state index contributed by atoms with van der Waals surface area (Å²) < 4.78 is 11.7. The molecule has 0 aliphatic rings. The van der Waals surface area contributed by atoms with Crippen molar-refractivity contribution < 1.29 is 9.26 Å². The van der Waals surface area contributed by atoms with Crippen LogP contribution in [-0.4, -0.2) is 36.8 Å². The summed E-state index contributed by atoms with van der Waals surface area (Å²) >= 11 is 6.18. The highest BCUT2D eigenvalue weighted by molar-refractivity contribution is 6.20. The van der Waals surface area contributed by atoms with Crippen LogP contribution in [0.15, 0.2) is 17.2 Å². The van der Waals surface area contributed by atoms with E-state index in [9.17, 15) is 0 Å². The lowest BCUT2D eigenvalue weighted by Crippen LogP contribution is -2.07. The van der Waals surface area contributed by atoms with E-state index in [1.54, 1.807) is 0 Å². The second-order valence-corrected chi connectivity index (χ2v) is 4.73. The number of imidazole rings is 1. The molecule has 0 fully saturated rings. The van der Waals surface area contributed by atoms with Gasteiger partial charge in [-0.15, -0.1) is 11.6 Å². The Morgan fingerprint density at radius 2 is 2.25 bits per heavy atom. The molecule has 0 amide bonds. The van der Waals surface area contributed by atoms with Crippen LogP contribution in [0.2, 0.25) is 0 Å². The number of hydrogen-bond acceptors (Lipinski definition) is 7. The van der Waals surface area contributed by atoms with Crippen molar-refractivity contribution in [3.63, 3.8) is 0 Å². The van der Waals surface area contributed by atoms with Gasteiger partial charge in [0, 0.05) is 0 Å². The zero-order valence-electron chi connectivity index (χ0n) is 10.8. The van der Waals surface area contributed by atoms with Crippen LogP contribution in [0.1, 0.15) is 23.9 Å². The van der Waals surface area contributed by atoms with Gasteiger partial charge in [0.2, 0.25) is 12.3 Å². The lowest BCUT2D eigenvalue weighted by atomic mass is 10.4. The summed E-state index contributed by atoms with van der Waals surface area (Å²) in [5.74, 6) is 1.56. The Hall–Kier alpha value is -2.22. The summed E-state index contributed by atoms with van der Waals surface area (Å²) in [6.07, 6.45) is 2.69. The van der Waals surface area contributed by atoms with E-state index in [1.807, 2.05) is 11.5 Å². The van der Waals surface area contributed by atoms with Gasteiger partial charge in [0.1, 0.15) is 12.2 Å². The lowest BCUT2D eigenvalue weighted by Gasteiger charge is -2.06. The minimum absolute atomic E-state index is 0.305. The number of alkyl halides is 1. The SMILES string of the molecule is COc1ncnc2c1nc(C(C)Cl)n2Cc1ncon1. The van der Waals surface area contributed by atoms with Gasteiger partial charge in [-0.25, -0.2) is 9.97 Å². The van der Waals surface area contributed by atoms with Crippen molar-refractivity contribution in [3.05, 3.63) is 24.4 Å². The summed E-state index contributed by atoms with van der Waals surface area (Å²) in [6, 6.07) is 0. The maximum absolute atomic E-state index is 6.18. The first-order valence-electron chi connectivity index (χ1n) is 5.85. The van der Waals surface area contributed by atoms with E-state index in [1.165, 1.54) is 19.8 Å². The van der Waals surface area contributed by atoms with E-state index in [4.69, 9.17) is 20.9 Å². The number of aromatic nitrogens is 6. The molecule has 9 heteroatoms. The number of methoxy groups -OCH3 is 1. The molecule has 0 saturated heterocycles. The van der Waals surface area contributed by atoms with E-state index < -0.39 is 0 Å². The topological polar surface area (TPSA) is 91.8 Å². The summed E-state index contributed by atoms with van der Waals surface area (Å²) in [4.78, 5) is 16.7. The van der Waals surface area contributed by atoms with Gasteiger partial charge in [-0.1, -0.05) is 5.16 Å². The average molecular weight is 295 g/mol. The highest BCUT2D eigenvalue weighted by Crippen LogP contribution is 2.27. The molecule has 0 aliphatic heterocycles. The summed E-state index contributed by atoms with van der Waals surface area (Å²) in [5.41, 5.74) is 1.17. The third kappa shape index (κ3) is 2.07. The Kier molecular flexibility index (Phi) is 3.23. The summed E-state index contributed by atoms with van der Waals surface area (Å²) in [6.45, 7) is 2.19. The molecular formula is C11H11ClN6O2. The molecule has 104 valence electrons. The predicted molar refractivity (Wildman–Crippen MR) is 69.5 cm³/mol. The molecule has 3 rings (SSSR count). The molecule has 0 aliphatic carbocycles. The first kappa shape index (κ1) is 12.8. The van der Waals surface area contributed by atoms with Gasteiger partial charge in [0.25, 0.3) is 0 Å². The van der Waals surface area contributed by atoms with E-state index in [2.05, 4.69) is 25.1 Å². The summed E-state index contributed by atoms with van der Waals surface area (Å²) in [5, 5.41) is 3.48. The molecule has 0 radical (unpaired) electrons. The molecule has 0 bridgehead atoms. The number of hydrogen-bond donors (Lipinski definition) is 0. The van der Waals surface area contributed by atoms with Crippen molar-refractivity contribution in [2.24, 2.45) is 0 Å². The first-order valence-corrected chi connectivity index (χ1v) is 6.28. The third-order valence-corrected chi connectivity index (χ3v) is 2.98. The van der Waals surface area contributed by atoms with Gasteiger partial charge in [-0.2, -0.15) is 9.97 Å². The zero-order valence-corrected chi connectivity index (χ0v) is 11.6. The highest BCUT2D eigenvalue weighted by atomic mass is 35.5. The largest absolute Gasteiger partial charge is 0.479 e. The lowest BCUT2D eigenvalue weighted by molar-refractivity contribution is 0.401. The van der Waals surface area contributed by atoms with Crippen LogP contribution >= 0.6 is 11.6 Å². The molecular weight excluding hydrogens is 284 g/mol. The van der Waals surface area contributed by atoms with Gasteiger partial charge >= 0.3 is 0 Å². The van der Waals surface area contributed by atoms with Crippen molar-refractivity contribution in [1.82, 2.24) is 29.7 Å². The van der Waals surface area contributed by atoms with Crippen LogP contribution in [0.5, 0.6) is 5.88 Å². The maximum atomic E-state index is 6.18. The quantitative estimate of drug-likeness (QED) is 0.674. The molecule has 0 spiro atoms. The van der Waals surface area contributed by atoms with Crippen LogP contribution < -0.4 is 4.74 Å². The Balaban J connectivity index is 2.19. The van der Waals surface area contributed by atoms with Crippen LogP contribution in [0.25, 0.3) is 11.2 Å². The monoisotopic (exact) mass is 294 g/mol. The highest BCUT2D eigenvalue weighted by Gasteiger charge is 2.20. The number of rotatable bonds is 4.